The lowest BCUT2D eigenvalue weighted by atomic mass is 9.96. The lowest BCUT2D eigenvalue weighted by molar-refractivity contribution is -0.122. The molecule has 0 atom stereocenters. The van der Waals surface area contributed by atoms with Crippen LogP contribution < -0.4 is 10.6 Å². The molecule has 3 fully saturated rings. The lowest BCUT2D eigenvalue weighted by Crippen LogP contribution is -2.54. The fourth-order valence-corrected chi connectivity index (χ4v) is 3.98. The molecule has 8 heteroatoms. The zero-order chi connectivity index (χ0) is 20.3. The van der Waals surface area contributed by atoms with E-state index in [1.165, 1.54) is 6.07 Å². The summed E-state index contributed by atoms with van der Waals surface area (Å²) in [6.07, 6.45) is 4.37. The van der Waals surface area contributed by atoms with Crippen LogP contribution in [0, 0.1) is 5.82 Å². The highest BCUT2D eigenvalue weighted by atomic mass is 127. The summed E-state index contributed by atoms with van der Waals surface area (Å²) in [6.45, 7) is 7.49. The molecule has 1 saturated heterocycles. The quantitative estimate of drug-likeness (QED) is 0.324. The van der Waals surface area contributed by atoms with Crippen LogP contribution in [-0.2, 0) is 10.2 Å². The third-order valence-electron chi connectivity index (χ3n) is 6.14. The van der Waals surface area contributed by atoms with Crippen molar-refractivity contribution in [3.63, 3.8) is 0 Å². The average Bonchev–Trinajstić information content (AvgIpc) is 3.63. The van der Waals surface area contributed by atoms with Gasteiger partial charge in [-0.3, -0.25) is 14.7 Å². The Labute approximate surface area is 195 Å². The summed E-state index contributed by atoms with van der Waals surface area (Å²) in [4.78, 5) is 21.4. The van der Waals surface area contributed by atoms with Crippen molar-refractivity contribution in [2.24, 2.45) is 4.99 Å². The van der Waals surface area contributed by atoms with Gasteiger partial charge < -0.3 is 15.5 Å². The number of carbonyl (C=O) groups is 1. The van der Waals surface area contributed by atoms with E-state index in [1.807, 2.05) is 6.07 Å². The summed E-state index contributed by atoms with van der Waals surface area (Å²) in [5.41, 5.74) is 1.05. The molecule has 2 saturated carbocycles. The largest absolute Gasteiger partial charge is 0.357 e. The maximum absolute atomic E-state index is 13.6. The molecule has 0 bridgehead atoms. The van der Waals surface area contributed by atoms with E-state index in [2.05, 4.69) is 27.4 Å². The second-order valence-corrected chi connectivity index (χ2v) is 8.57. The van der Waals surface area contributed by atoms with E-state index in [4.69, 9.17) is 4.99 Å². The van der Waals surface area contributed by atoms with Crippen molar-refractivity contribution in [2.75, 3.05) is 45.8 Å². The van der Waals surface area contributed by atoms with Crippen LogP contribution in [0.25, 0.3) is 0 Å². The lowest BCUT2D eigenvalue weighted by Gasteiger charge is -2.36. The first kappa shape index (κ1) is 23.2. The number of nitrogens with zero attached hydrogens (tertiary/aromatic N) is 3. The molecular formula is C22H33FIN5O. The Hall–Kier alpha value is -1.42. The molecule has 30 heavy (non-hydrogen) atoms. The Morgan fingerprint density at radius 3 is 2.57 bits per heavy atom. The van der Waals surface area contributed by atoms with Gasteiger partial charge in [0.1, 0.15) is 5.82 Å². The topological polar surface area (TPSA) is 60.0 Å². The van der Waals surface area contributed by atoms with Crippen LogP contribution in [0.1, 0.15) is 38.2 Å². The molecule has 0 spiro atoms. The number of nitrogens with one attached hydrogen (secondary N) is 2. The van der Waals surface area contributed by atoms with Gasteiger partial charge in [-0.15, -0.1) is 24.0 Å². The molecule has 4 rings (SSSR count). The van der Waals surface area contributed by atoms with Gasteiger partial charge in [0.15, 0.2) is 5.96 Å². The van der Waals surface area contributed by atoms with Gasteiger partial charge in [0.2, 0.25) is 5.91 Å². The van der Waals surface area contributed by atoms with Crippen molar-refractivity contribution in [3.8, 4) is 0 Å². The van der Waals surface area contributed by atoms with Gasteiger partial charge in [-0.05, 0) is 50.3 Å². The molecule has 1 amide bonds. The van der Waals surface area contributed by atoms with Crippen LogP contribution in [0.4, 0.5) is 4.39 Å². The van der Waals surface area contributed by atoms with Crippen molar-refractivity contribution in [1.29, 1.82) is 0 Å². The van der Waals surface area contributed by atoms with Crippen LogP contribution in [0.3, 0.4) is 0 Å². The van der Waals surface area contributed by atoms with Gasteiger partial charge in [-0.1, -0.05) is 12.1 Å². The highest BCUT2D eigenvalue weighted by Gasteiger charge is 2.44. The van der Waals surface area contributed by atoms with Gasteiger partial charge in [-0.25, -0.2) is 4.39 Å². The molecule has 166 valence electrons. The van der Waals surface area contributed by atoms with Gasteiger partial charge in [-0.2, -0.15) is 0 Å². The number of rotatable bonds is 7. The number of carbonyl (C=O) groups excluding carboxylic acids is 1. The van der Waals surface area contributed by atoms with E-state index >= 15 is 0 Å². The first-order valence-electron chi connectivity index (χ1n) is 10.9. The zero-order valence-corrected chi connectivity index (χ0v) is 20.0. The number of hydrogen-bond donors (Lipinski definition) is 2. The van der Waals surface area contributed by atoms with Crippen molar-refractivity contribution < 1.29 is 9.18 Å². The van der Waals surface area contributed by atoms with E-state index in [9.17, 15) is 9.18 Å². The van der Waals surface area contributed by atoms with E-state index < -0.39 is 0 Å². The van der Waals surface area contributed by atoms with Crippen molar-refractivity contribution in [1.82, 2.24) is 20.4 Å². The van der Waals surface area contributed by atoms with Gasteiger partial charge in [0.25, 0.3) is 0 Å². The molecule has 0 aromatic heterocycles. The Bertz CT molecular complexity index is 758. The number of guanidine groups is 1. The standard InChI is InChI=1S/C22H32FN5O.HI/c1-2-24-21(25-16-22(8-9-22)17-4-3-5-18(23)14-17)28-12-10-27(11-13-28)15-20(29)26-19-6-7-19;/h3-5,14,19H,2,6-13,15-16H2,1H3,(H,24,25)(H,26,29);1H. The molecule has 0 unspecified atom stereocenters. The summed E-state index contributed by atoms with van der Waals surface area (Å²) in [5, 5.41) is 6.47. The summed E-state index contributed by atoms with van der Waals surface area (Å²) >= 11 is 0. The molecule has 1 aliphatic heterocycles. The molecule has 1 heterocycles. The van der Waals surface area contributed by atoms with Crippen LogP contribution >= 0.6 is 24.0 Å². The van der Waals surface area contributed by atoms with Crippen LogP contribution in [0.2, 0.25) is 0 Å². The first-order chi connectivity index (χ1) is 14.1. The number of halogens is 2. The summed E-state index contributed by atoms with van der Waals surface area (Å²) < 4.78 is 13.6. The monoisotopic (exact) mass is 529 g/mol. The summed E-state index contributed by atoms with van der Waals surface area (Å²) in [5.74, 6) is 0.899. The van der Waals surface area contributed by atoms with Crippen molar-refractivity contribution in [3.05, 3.63) is 35.6 Å². The summed E-state index contributed by atoms with van der Waals surface area (Å²) in [6, 6.07) is 7.38. The number of hydrogen-bond acceptors (Lipinski definition) is 3. The fraction of sp³-hybridized carbons (Fsp3) is 0.636. The van der Waals surface area contributed by atoms with Crippen LogP contribution in [0.5, 0.6) is 0 Å². The molecule has 0 radical (unpaired) electrons. The second kappa shape index (κ2) is 10.3. The van der Waals surface area contributed by atoms with Crippen molar-refractivity contribution in [2.45, 2.75) is 44.1 Å². The van der Waals surface area contributed by atoms with E-state index in [-0.39, 0.29) is 41.1 Å². The number of piperazine rings is 1. The summed E-state index contributed by atoms with van der Waals surface area (Å²) in [7, 11) is 0. The van der Waals surface area contributed by atoms with E-state index in [0.717, 1.165) is 69.9 Å². The third-order valence-corrected chi connectivity index (χ3v) is 6.14. The smallest absolute Gasteiger partial charge is 0.234 e. The van der Waals surface area contributed by atoms with Crippen LogP contribution in [0.15, 0.2) is 29.3 Å². The predicted octanol–water partition coefficient (Wildman–Crippen LogP) is 2.34. The Kier molecular flexibility index (Phi) is 7.95. The van der Waals surface area contributed by atoms with Gasteiger partial charge in [0, 0.05) is 44.2 Å². The van der Waals surface area contributed by atoms with E-state index in [1.54, 1.807) is 12.1 Å². The molecule has 1 aromatic carbocycles. The Balaban J connectivity index is 0.00000256. The zero-order valence-electron chi connectivity index (χ0n) is 17.7. The van der Waals surface area contributed by atoms with E-state index in [0.29, 0.717) is 19.1 Å². The SMILES string of the molecule is CCNC(=NCC1(c2cccc(F)c2)CC1)N1CCN(CC(=O)NC2CC2)CC1.I. The molecular weight excluding hydrogens is 496 g/mol. The Morgan fingerprint density at radius 1 is 1.23 bits per heavy atom. The minimum Gasteiger partial charge on any atom is -0.357 e. The minimum atomic E-state index is -0.175. The van der Waals surface area contributed by atoms with Gasteiger partial charge >= 0.3 is 0 Å². The average molecular weight is 529 g/mol. The molecule has 2 N–H and O–H groups in total. The highest BCUT2D eigenvalue weighted by molar-refractivity contribution is 14.0. The fourth-order valence-electron chi connectivity index (χ4n) is 3.98. The first-order valence-corrected chi connectivity index (χ1v) is 10.9. The number of aliphatic imine (C=N–C) groups is 1. The minimum absolute atomic E-state index is 0. The molecule has 2 aliphatic carbocycles. The molecule has 6 nitrogen and oxygen atoms in total. The highest BCUT2D eigenvalue weighted by Crippen LogP contribution is 2.48. The predicted molar refractivity (Wildman–Crippen MR) is 128 cm³/mol. The second-order valence-electron chi connectivity index (χ2n) is 8.57. The Morgan fingerprint density at radius 2 is 1.97 bits per heavy atom. The van der Waals surface area contributed by atoms with Gasteiger partial charge in [0.05, 0.1) is 13.1 Å². The maximum atomic E-state index is 13.6. The maximum Gasteiger partial charge on any atom is 0.234 e. The normalized spacial score (nSPS) is 21.0. The van der Waals surface area contributed by atoms with Crippen molar-refractivity contribution >= 4 is 35.8 Å². The molecule has 3 aliphatic rings. The third kappa shape index (κ3) is 6.06. The number of benzene rings is 1. The van der Waals surface area contributed by atoms with Crippen LogP contribution in [-0.4, -0.2) is 73.5 Å². The molecule has 1 aromatic rings. The number of amides is 1.